The molecule has 0 bridgehead atoms. The van der Waals surface area contributed by atoms with Crippen molar-refractivity contribution >= 4 is 36.7 Å². The normalized spacial score (nSPS) is 13.1. The summed E-state index contributed by atoms with van der Waals surface area (Å²) >= 11 is 0. The van der Waals surface area contributed by atoms with E-state index in [2.05, 4.69) is 0 Å². The smallest absolute Gasteiger partial charge is 0.459 e. The average molecular weight is 520 g/mol. The topological polar surface area (TPSA) is 150 Å². The lowest BCUT2D eigenvalue weighted by Gasteiger charge is -2.22. The van der Waals surface area contributed by atoms with E-state index in [0.29, 0.717) is 5.56 Å². The van der Waals surface area contributed by atoms with Crippen LogP contribution < -0.4 is 15.2 Å². The van der Waals surface area contributed by atoms with Crippen LogP contribution in [0.25, 0.3) is 0 Å². The van der Waals surface area contributed by atoms with Crippen LogP contribution in [0.5, 0.6) is 11.5 Å². The Morgan fingerprint density at radius 2 is 1.26 bits per heavy atom. The second-order valence-corrected chi connectivity index (χ2v) is 8.09. The van der Waals surface area contributed by atoms with Gasteiger partial charge in [0.2, 0.25) is 0 Å². The number of carbonyl (C=O) groups excluding carboxylic acids is 4. The van der Waals surface area contributed by atoms with Gasteiger partial charge in [-0.1, -0.05) is 6.07 Å². The Morgan fingerprint density at radius 1 is 0.771 bits per heavy atom. The number of esters is 2. The molecule has 11 nitrogen and oxygen atoms in total. The molecule has 0 heterocycles. The summed E-state index contributed by atoms with van der Waals surface area (Å²) in [6, 6.07) is 3.23. The summed E-state index contributed by atoms with van der Waals surface area (Å²) in [6.07, 6.45) is -4.20. The van der Waals surface area contributed by atoms with E-state index in [4.69, 9.17) is 34.2 Å². The fraction of sp³-hybridized carbons (Fsp3) is 0.565. The third-order valence-electron chi connectivity index (χ3n) is 4.13. The van der Waals surface area contributed by atoms with Crippen molar-refractivity contribution in [2.75, 3.05) is 0 Å². The molecule has 0 saturated heterocycles. The molecule has 0 aliphatic rings. The van der Waals surface area contributed by atoms with Crippen LogP contribution in [0.4, 0.5) is 9.59 Å². The molecule has 0 aliphatic heterocycles. The van der Waals surface area contributed by atoms with Crippen molar-refractivity contribution in [1.82, 2.24) is 0 Å². The Balaban J connectivity index is 0.0000116. The predicted molar refractivity (Wildman–Crippen MR) is 127 cm³/mol. The number of halogens is 1. The van der Waals surface area contributed by atoms with Crippen LogP contribution >= 0.6 is 12.4 Å². The molecule has 1 rings (SSSR count). The Labute approximate surface area is 210 Å². The fourth-order valence-electron chi connectivity index (χ4n) is 2.52. The van der Waals surface area contributed by atoms with Gasteiger partial charge in [0.1, 0.15) is 18.2 Å². The van der Waals surface area contributed by atoms with Gasteiger partial charge >= 0.3 is 24.2 Å². The number of benzene rings is 1. The lowest BCUT2D eigenvalue weighted by molar-refractivity contribution is -0.164. The van der Waals surface area contributed by atoms with Crippen LogP contribution in [0, 0.1) is 0 Å². The zero-order valence-corrected chi connectivity index (χ0v) is 21.7. The number of hydrogen-bond acceptors (Lipinski definition) is 11. The number of carbonyl (C=O) groups is 4. The van der Waals surface area contributed by atoms with Crippen LogP contribution in [-0.4, -0.2) is 54.7 Å². The second kappa shape index (κ2) is 15.0. The van der Waals surface area contributed by atoms with E-state index in [0.717, 1.165) is 0 Å². The lowest BCUT2D eigenvalue weighted by Crippen LogP contribution is -2.39. The average Bonchev–Trinajstić information content (AvgIpc) is 2.67. The van der Waals surface area contributed by atoms with E-state index in [9.17, 15) is 19.2 Å². The molecule has 0 spiro atoms. The van der Waals surface area contributed by atoms with Gasteiger partial charge in [0.25, 0.3) is 0 Å². The van der Waals surface area contributed by atoms with Crippen LogP contribution in [0.3, 0.4) is 0 Å². The van der Waals surface area contributed by atoms with E-state index in [1.54, 1.807) is 41.5 Å². The first kappa shape index (κ1) is 31.9. The SMILES string of the molecule is CC(=O)OC(C)[C@@H](C)OC(=O)[C@@H](N)Cc1ccc(OC(=O)OC(C)C)c(OC(=O)OC(C)C)c1.Cl. The zero-order chi connectivity index (χ0) is 26.0. The largest absolute Gasteiger partial charge is 0.514 e. The molecule has 0 saturated carbocycles. The first-order valence-electron chi connectivity index (χ1n) is 10.8. The molecule has 35 heavy (non-hydrogen) atoms. The van der Waals surface area contributed by atoms with Gasteiger partial charge in [-0.15, -0.1) is 12.4 Å². The van der Waals surface area contributed by atoms with E-state index in [1.165, 1.54) is 25.1 Å². The minimum Gasteiger partial charge on any atom is -0.459 e. The highest BCUT2D eigenvalue weighted by atomic mass is 35.5. The maximum absolute atomic E-state index is 12.4. The molecule has 0 fully saturated rings. The van der Waals surface area contributed by atoms with Gasteiger partial charge in [0.15, 0.2) is 11.5 Å². The van der Waals surface area contributed by atoms with Crippen LogP contribution in [0.1, 0.15) is 54.0 Å². The van der Waals surface area contributed by atoms with E-state index in [-0.39, 0.29) is 30.3 Å². The first-order valence-corrected chi connectivity index (χ1v) is 10.8. The van der Waals surface area contributed by atoms with Crippen LogP contribution in [0.15, 0.2) is 18.2 Å². The molecular weight excluding hydrogens is 486 g/mol. The quantitative estimate of drug-likeness (QED) is 0.273. The van der Waals surface area contributed by atoms with Crippen molar-refractivity contribution in [3.8, 4) is 11.5 Å². The molecular formula is C23H34ClNO10. The highest BCUT2D eigenvalue weighted by molar-refractivity contribution is 5.85. The molecule has 12 heteroatoms. The van der Waals surface area contributed by atoms with Gasteiger partial charge in [-0.3, -0.25) is 9.59 Å². The summed E-state index contributed by atoms with van der Waals surface area (Å²) in [5.74, 6) is -1.42. The Bertz CT molecular complexity index is 874. The molecule has 0 aliphatic carbocycles. The highest BCUT2D eigenvalue weighted by Gasteiger charge is 2.24. The highest BCUT2D eigenvalue weighted by Crippen LogP contribution is 2.30. The van der Waals surface area contributed by atoms with Crippen molar-refractivity contribution in [3.05, 3.63) is 23.8 Å². The first-order chi connectivity index (χ1) is 15.8. The summed E-state index contributed by atoms with van der Waals surface area (Å²) in [6.45, 7) is 11.0. The van der Waals surface area contributed by atoms with Crippen LogP contribution in [-0.2, 0) is 35.0 Å². The standard InChI is InChI=1S/C23H33NO10.ClH/c1-12(2)29-22(27)33-19-9-8-17(11-20(19)34-23(28)30-13(3)4)10-18(24)21(26)32-15(6)14(5)31-16(7)25;/h8-9,11-15,18H,10,24H2,1-7H3;1H/t14?,15-,18+;/m1./s1. The minimum atomic E-state index is -1.07. The fourth-order valence-corrected chi connectivity index (χ4v) is 2.52. The van der Waals surface area contributed by atoms with Gasteiger partial charge in [-0.25, -0.2) is 9.59 Å². The molecule has 0 aromatic heterocycles. The molecule has 1 aromatic carbocycles. The maximum Gasteiger partial charge on any atom is 0.514 e. The maximum atomic E-state index is 12.4. The molecule has 0 radical (unpaired) electrons. The lowest BCUT2D eigenvalue weighted by atomic mass is 10.1. The molecule has 1 aromatic rings. The van der Waals surface area contributed by atoms with Crippen molar-refractivity contribution in [2.24, 2.45) is 5.73 Å². The number of nitrogens with two attached hydrogens (primary N) is 1. The Hall–Kier alpha value is -3.05. The molecule has 2 N–H and O–H groups in total. The third kappa shape index (κ3) is 12.3. The van der Waals surface area contributed by atoms with Crippen LogP contribution in [0.2, 0.25) is 0 Å². The van der Waals surface area contributed by atoms with E-state index in [1.807, 2.05) is 0 Å². The summed E-state index contributed by atoms with van der Waals surface area (Å²) in [4.78, 5) is 47.3. The predicted octanol–water partition coefficient (Wildman–Crippen LogP) is 3.71. The third-order valence-corrected chi connectivity index (χ3v) is 4.13. The van der Waals surface area contributed by atoms with E-state index < -0.39 is 54.7 Å². The second-order valence-electron chi connectivity index (χ2n) is 8.09. The van der Waals surface area contributed by atoms with E-state index >= 15 is 0 Å². The van der Waals surface area contributed by atoms with Gasteiger partial charge < -0.3 is 34.2 Å². The van der Waals surface area contributed by atoms with Gasteiger partial charge in [0.05, 0.1) is 12.2 Å². The molecule has 1 unspecified atom stereocenters. The Kier molecular flexibility index (Phi) is 13.7. The zero-order valence-electron chi connectivity index (χ0n) is 20.9. The van der Waals surface area contributed by atoms with Gasteiger partial charge in [-0.2, -0.15) is 0 Å². The Morgan fingerprint density at radius 3 is 1.74 bits per heavy atom. The summed E-state index contributed by atoms with van der Waals surface area (Å²) in [7, 11) is 0. The summed E-state index contributed by atoms with van der Waals surface area (Å²) < 4.78 is 30.5. The monoisotopic (exact) mass is 519 g/mol. The molecule has 0 amide bonds. The summed E-state index contributed by atoms with van der Waals surface area (Å²) in [5.41, 5.74) is 6.46. The molecule has 3 atom stereocenters. The van der Waals surface area contributed by atoms with Gasteiger partial charge in [0, 0.05) is 6.92 Å². The van der Waals surface area contributed by atoms with Crippen molar-refractivity contribution in [1.29, 1.82) is 0 Å². The number of ether oxygens (including phenoxy) is 6. The number of hydrogen-bond donors (Lipinski definition) is 1. The van der Waals surface area contributed by atoms with Crippen molar-refractivity contribution < 1.29 is 47.6 Å². The number of rotatable bonds is 10. The molecule has 198 valence electrons. The minimum absolute atomic E-state index is 0. The summed E-state index contributed by atoms with van der Waals surface area (Å²) in [5, 5.41) is 0. The van der Waals surface area contributed by atoms with Crippen molar-refractivity contribution in [3.63, 3.8) is 0 Å². The van der Waals surface area contributed by atoms with Crippen molar-refractivity contribution in [2.45, 2.75) is 85.3 Å². The van der Waals surface area contributed by atoms with Gasteiger partial charge in [-0.05, 0) is 65.7 Å².